The molecule has 158 valence electrons. The lowest BCUT2D eigenvalue weighted by atomic mass is 10.1. The van der Waals surface area contributed by atoms with Crippen molar-refractivity contribution in [2.75, 3.05) is 10.6 Å². The average Bonchev–Trinajstić information content (AvgIpc) is 3.49. The smallest absolute Gasteiger partial charge is 0.418 e. The molecule has 0 spiro atoms. The van der Waals surface area contributed by atoms with Crippen LogP contribution in [0.5, 0.6) is 0 Å². The summed E-state index contributed by atoms with van der Waals surface area (Å²) in [5, 5.41) is 10.4. The molecule has 0 atom stereocenters. The number of nitrogens with zero attached hydrogens (tertiary/aromatic N) is 1. The molecule has 1 aromatic carbocycles. The molecule has 0 fully saturated rings. The number of alkyl halides is 3. The van der Waals surface area contributed by atoms with E-state index >= 15 is 0 Å². The number of nitrogens with one attached hydrogen (secondary N) is 2. The standard InChI is InChI=1S/C20H12F3N3O3S2/c21-20(22,23)13-8-12(24-18(28)16-2-1-6-29-16)3-4-14(13)25-17(27)15-10-31-19(26-15)11-5-7-30-9-11/h1-10H,(H,24,28)(H,25,27). The molecule has 0 aliphatic rings. The number of benzene rings is 1. The van der Waals surface area contributed by atoms with Crippen molar-refractivity contribution in [3.05, 3.63) is 75.8 Å². The number of hydrogen-bond donors (Lipinski definition) is 2. The first-order chi connectivity index (χ1) is 14.8. The van der Waals surface area contributed by atoms with Gasteiger partial charge in [0.25, 0.3) is 11.8 Å². The van der Waals surface area contributed by atoms with Crippen LogP contribution in [-0.4, -0.2) is 16.8 Å². The van der Waals surface area contributed by atoms with Crippen LogP contribution < -0.4 is 10.6 Å². The summed E-state index contributed by atoms with van der Waals surface area (Å²) in [6.45, 7) is 0. The maximum Gasteiger partial charge on any atom is 0.418 e. The van der Waals surface area contributed by atoms with Crippen molar-refractivity contribution < 1.29 is 27.2 Å². The minimum absolute atomic E-state index is 0.00882. The Balaban J connectivity index is 1.56. The van der Waals surface area contributed by atoms with Crippen LogP contribution in [0.4, 0.5) is 24.5 Å². The third-order valence-electron chi connectivity index (χ3n) is 4.08. The fraction of sp³-hybridized carbons (Fsp3) is 0.0500. The number of furan rings is 1. The first kappa shape index (κ1) is 20.8. The molecule has 0 aliphatic heterocycles. The second-order valence-corrected chi connectivity index (χ2v) is 7.83. The number of hydrogen-bond acceptors (Lipinski definition) is 6. The molecule has 31 heavy (non-hydrogen) atoms. The molecule has 0 saturated carbocycles. The molecule has 0 radical (unpaired) electrons. The lowest BCUT2D eigenvalue weighted by Crippen LogP contribution is -2.18. The van der Waals surface area contributed by atoms with Gasteiger partial charge in [-0.1, -0.05) is 0 Å². The maximum atomic E-state index is 13.6. The number of thiazole rings is 1. The Kier molecular flexibility index (Phi) is 5.61. The topological polar surface area (TPSA) is 84.2 Å². The molecule has 0 bridgehead atoms. The van der Waals surface area contributed by atoms with E-state index in [2.05, 4.69) is 15.6 Å². The fourth-order valence-electron chi connectivity index (χ4n) is 2.65. The molecule has 2 N–H and O–H groups in total. The molecule has 0 saturated heterocycles. The normalized spacial score (nSPS) is 11.3. The van der Waals surface area contributed by atoms with Crippen LogP contribution in [0.25, 0.3) is 10.6 Å². The van der Waals surface area contributed by atoms with E-state index in [1.807, 2.05) is 16.8 Å². The van der Waals surface area contributed by atoms with Gasteiger partial charge in [-0.2, -0.15) is 24.5 Å². The van der Waals surface area contributed by atoms with Gasteiger partial charge in [-0.15, -0.1) is 11.3 Å². The van der Waals surface area contributed by atoms with Crippen molar-refractivity contribution in [2.45, 2.75) is 6.18 Å². The van der Waals surface area contributed by atoms with Gasteiger partial charge in [-0.05, 0) is 41.8 Å². The van der Waals surface area contributed by atoms with Crippen molar-refractivity contribution >= 4 is 45.9 Å². The highest BCUT2D eigenvalue weighted by Gasteiger charge is 2.34. The number of amides is 2. The zero-order valence-corrected chi connectivity index (χ0v) is 17.0. The van der Waals surface area contributed by atoms with Crippen LogP contribution in [0.3, 0.4) is 0 Å². The van der Waals surface area contributed by atoms with Crippen LogP contribution in [0.2, 0.25) is 0 Å². The Morgan fingerprint density at radius 3 is 2.55 bits per heavy atom. The lowest BCUT2D eigenvalue weighted by molar-refractivity contribution is -0.136. The summed E-state index contributed by atoms with van der Waals surface area (Å²) in [5.41, 5.74) is -0.804. The third-order valence-corrected chi connectivity index (χ3v) is 5.66. The van der Waals surface area contributed by atoms with Gasteiger partial charge in [-0.3, -0.25) is 9.59 Å². The second kappa shape index (κ2) is 8.36. The molecule has 2 amide bonds. The number of anilines is 2. The highest BCUT2D eigenvalue weighted by molar-refractivity contribution is 7.14. The third kappa shape index (κ3) is 4.67. The number of aromatic nitrogens is 1. The summed E-state index contributed by atoms with van der Waals surface area (Å²) in [6.07, 6.45) is -3.49. The lowest BCUT2D eigenvalue weighted by Gasteiger charge is -2.15. The summed E-state index contributed by atoms with van der Waals surface area (Å²) in [4.78, 5) is 28.7. The van der Waals surface area contributed by atoms with Gasteiger partial charge in [0.1, 0.15) is 10.7 Å². The number of carbonyl (C=O) groups is 2. The van der Waals surface area contributed by atoms with E-state index in [4.69, 9.17) is 4.42 Å². The number of thiophene rings is 1. The Morgan fingerprint density at radius 1 is 1.03 bits per heavy atom. The average molecular weight is 463 g/mol. The fourth-order valence-corrected chi connectivity index (χ4v) is 4.16. The summed E-state index contributed by atoms with van der Waals surface area (Å²) in [7, 11) is 0. The Hall–Kier alpha value is -3.44. The minimum atomic E-state index is -4.77. The first-order valence-corrected chi connectivity index (χ1v) is 10.5. The predicted molar refractivity (Wildman–Crippen MR) is 111 cm³/mol. The van der Waals surface area contributed by atoms with E-state index < -0.39 is 29.2 Å². The first-order valence-electron chi connectivity index (χ1n) is 8.67. The van der Waals surface area contributed by atoms with Crippen molar-refractivity contribution in [2.24, 2.45) is 0 Å². The van der Waals surface area contributed by atoms with Gasteiger partial charge in [0, 0.05) is 22.0 Å². The Bertz CT molecular complexity index is 1220. The quantitative estimate of drug-likeness (QED) is 0.381. The molecule has 3 heterocycles. The summed E-state index contributed by atoms with van der Waals surface area (Å²) < 4.78 is 45.7. The van der Waals surface area contributed by atoms with E-state index in [0.717, 1.165) is 17.7 Å². The van der Waals surface area contributed by atoms with Crippen LogP contribution in [0, 0.1) is 0 Å². The molecular formula is C20H12F3N3O3S2. The molecule has 0 unspecified atom stereocenters. The zero-order valence-electron chi connectivity index (χ0n) is 15.4. The number of carbonyl (C=O) groups excluding carboxylic acids is 2. The van der Waals surface area contributed by atoms with Crippen LogP contribution in [0.15, 0.2) is 63.2 Å². The molecule has 11 heteroatoms. The predicted octanol–water partition coefficient (Wildman–Crippen LogP) is 5.99. The van der Waals surface area contributed by atoms with Gasteiger partial charge < -0.3 is 15.1 Å². The van der Waals surface area contributed by atoms with Crippen molar-refractivity contribution in [1.29, 1.82) is 0 Å². The van der Waals surface area contributed by atoms with Gasteiger partial charge in [0.05, 0.1) is 17.5 Å². The largest absolute Gasteiger partial charge is 0.459 e. The second-order valence-electron chi connectivity index (χ2n) is 6.19. The number of rotatable bonds is 5. The van der Waals surface area contributed by atoms with E-state index in [1.54, 1.807) is 0 Å². The van der Waals surface area contributed by atoms with Crippen molar-refractivity contribution in [3.63, 3.8) is 0 Å². The highest BCUT2D eigenvalue weighted by atomic mass is 32.1. The summed E-state index contributed by atoms with van der Waals surface area (Å²) in [6, 6.07) is 7.77. The minimum Gasteiger partial charge on any atom is -0.459 e. The van der Waals surface area contributed by atoms with Crippen molar-refractivity contribution in [3.8, 4) is 10.6 Å². The zero-order chi connectivity index (χ0) is 22.0. The maximum absolute atomic E-state index is 13.6. The molecule has 3 aromatic heterocycles. The Labute approximate surface area is 181 Å². The summed E-state index contributed by atoms with van der Waals surface area (Å²) >= 11 is 2.69. The molecule has 6 nitrogen and oxygen atoms in total. The highest BCUT2D eigenvalue weighted by Crippen LogP contribution is 2.37. The van der Waals surface area contributed by atoms with Gasteiger partial charge in [-0.25, -0.2) is 4.98 Å². The molecular weight excluding hydrogens is 451 g/mol. The molecule has 0 aliphatic carbocycles. The summed E-state index contributed by atoms with van der Waals surface area (Å²) in [5.74, 6) is -1.51. The van der Waals surface area contributed by atoms with Crippen LogP contribution in [-0.2, 0) is 6.18 Å². The van der Waals surface area contributed by atoms with Gasteiger partial charge in [0.15, 0.2) is 5.76 Å². The van der Waals surface area contributed by atoms with Crippen molar-refractivity contribution in [1.82, 2.24) is 4.98 Å². The molecule has 4 rings (SSSR count). The van der Waals surface area contributed by atoms with E-state index in [-0.39, 0.29) is 17.1 Å². The SMILES string of the molecule is O=C(Nc1ccc(NC(=O)c2ccco2)cc1C(F)(F)F)c1csc(-c2ccsc2)n1. The number of halogens is 3. The van der Waals surface area contributed by atoms with E-state index in [0.29, 0.717) is 5.01 Å². The van der Waals surface area contributed by atoms with E-state index in [1.165, 1.54) is 52.5 Å². The van der Waals surface area contributed by atoms with Gasteiger partial charge >= 0.3 is 6.18 Å². The van der Waals surface area contributed by atoms with Gasteiger partial charge in [0.2, 0.25) is 0 Å². The van der Waals surface area contributed by atoms with Crippen LogP contribution in [0.1, 0.15) is 26.6 Å². The Morgan fingerprint density at radius 2 is 1.87 bits per heavy atom. The monoisotopic (exact) mass is 463 g/mol. The van der Waals surface area contributed by atoms with E-state index in [9.17, 15) is 22.8 Å². The van der Waals surface area contributed by atoms with Crippen LogP contribution >= 0.6 is 22.7 Å². The molecule has 4 aromatic rings.